The molecule has 0 radical (unpaired) electrons. The zero-order chi connectivity index (χ0) is 43.4. The molecule has 1 aliphatic heterocycles. The van der Waals surface area contributed by atoms with Crippen molar-refractivity contribution in [3.05, 3.63) is 96.8 Å². The van der Waals surface area contributed by atoms with E-state index in [4.69, 9.17) is 19.4 Å². The van der Waals surface area contributed by atoms with Gasteiger partial charge in [0.1, 0.15) is 22.4 Å². The normalized spacial score (nSPS) is 22.0. The molecule has 14 heteroatoms. The van der Waals surface area contributed by atoms with Gasteiger partial charge in [0.25, 0.3) is 0 Å². The van der Waals surface area contributed by atoms with Gasteiger partial charge in [0.15, 0.2) is 11.6 Å². The Kier molecular flexibility index (Phi) is 11.3. The molecule has 1 saturated heterocycles. The lowest BCUT2D eigenvalue weighted by atomic mass is 9.76. The molecule has 320 valence electrons. The summed E-state index contributed by atoms with van der Waals surface area (Å²) in [6, 6.07) is 20.5. The Morgan fingerprint density at radius 3 is 2.38 bits per heavy atom. The van der Waals surface area contributed by atoms with Crippen LogP contribution in [0.2, 0.25) is 0 Å². The fourth-order valence-corrected chi connectivity index (χ4v) is 10.9. The van der Waals surface area contributed by atoms with E-state index in [1.165, 1.54) is 23.5 Å². The monoisotopic (exact) mass is 866 g/mol. The van der Waals surface area contributed by atoms with E-state index in [9.17, 15) is 27.2 Å². The number of nitrogens with one attached hydrogen (secondary N) is 1. The van der Waals surface area contributed by atoms with Crippen LogP contribution in [0.3, 0.4) is 0 Å². The largest absolute Gasteiger partial charge is 0.491 e. The maximum atomic E-state index is 15.0. The van der Waals surface area contributed by atoms with Crippen molar-refractivity contribution in [3.8, 4) is 23.0 Å². The molecule has 3 heterocycles. The SMILES string of the molecule is C=C[C@@H]1C[C@]1(CC(=O)[C@@H]1C[C@@H](Oc2nc(-c3ccc(OC(C)C)cc3)nc3c2sc2ccccc23)CN1C(=O)[C@@H](Cc1ccc(F)cc1)C(C)(C)C)C(=O)NS(=O)(=O)C1CC1. The van der Waals surface area contributed by atoms with Crippen LogP contribution in [0.4, 0.5) is 4.39 Å². The molecule has 2 aliphatic carbocycles. The van der Waals surface area contributed by atoms with Crippen molar-refractivity contribution in [2.45, 2.75) is 96.6 Å². The Morgan fingerprint density at radius 1 is 1.03 bits per heavy atom. The Labute approximate surface area is 359 Å². The number of likely N-dealkylation sites (tertiary alicyclic amines) is 1. The highest BCUT2D eigenvalue weighted by atomic mass is 32.2. The number of carbonyl (C=O) groups excluding carboxylic acids is 3. The van der Waals surface area contributed by atoms with Crippen LogP contribution in [0.15, 0.2) is 85.5 Å². The fraction of sp³-hybridized carbons (Fsp3) is 0.426. The first-order valence-electron chi connectivity index (χ1n) is 20.8. The minimum Gasteiger partial charge on any atom is -0.491 e. The number of allylic oxidation sites excluding steroid dienone is 1. The van der Waals surface area contributed by atoms with Crippen LogP contribution in [0.25, 0.3) is 31.7 Å². The summed E-state index contributed by atoms with van der Waals surface area (Å²) in [6.45, 7) is 13.7. The number of thiophene rings is 1. The molecular weight excluding hydrogens is 816 g/mol. The van der Waals surface area contributed by atoms with E-state index in [2.05, 4.69) is 11.3 Å². The highest BCUT2D eigenvalue weighted by Crippen LogP contribution is 2.57. The van der Waals surface area contributed by atoms with E-state index in [1.807, 2.05) is 83.1 Å². The van der Waals surface area contributed by atoms with Crippen LogP contribution >= 0.6 is 11.3 Å². The average Bonchev–Trinajstić information content (AvgIpc) is 4.12. The smallest absolute Gasteiger partial charge is 0.240 e. The molecule has 3 aliphatic rings. The lowest BCUT2D eigenvalue weighted by Gasteiger charge is -2.35. The number of amides is 2. The van der Waals surface area contributed by atoms with Gasteiger partial charge in [-0.15, -0.1) is 17.9 Å². The summed E-state index contributed by atoms with van der Waals surface area (Å²) in [5, 5.41) is 0.323. The Morgan fingerprint density at radius 2 is 1.74 bits per heavy atom. The van der Waals surface area contributed by atoms with E-state index >= 15 is 0 Å². The molecule has 0 spiro atoms. The van der Waals surface area contributed by atoms with Crippen molar-refractivity contribution < 1.29 is 36.7 Å². The maximum Gasteiger partial charge on any atom is 0.240 e. The minimum absolute atomic E-state index is 0.00428. The summed E-state index contributed by atoms with van der Waals surface area (Å²) in [5.41, 5.74) is 0.366. The van der Waals surface area contributed by atoms with E-state index in [0.29, 0.717) is 42.2 Å². The number of fused-ring (bicyclic) bond motifs is 3. The predicted octanol–water partition coefficient (Wildman–Crippen LogP) is 8.45. The van der Waals surface area contributed by atoms with Crippen molar-refractivity contribution in [2.75, 3.05) is 6.54 Å². The molecule has 8 rings (SSSR count). The first-order valence-corrected chi connectivity index (χ1v) is 23.2. The van der Waals surface area contributed by atoms with Gasteiger partial charge in [-0.05, 0) is 98.9 Å². The third kappa shape index (κ3) is 8.79. The van der Waals surface area contributed by atoms with Crippen molar-refractivity contribution in [1.29, 1.82) is 0 Å². The van der Waals surface area contributed by atoms with Gasteiger partial charge in [-0.1, -0.05) is 57.2 Å². The topological polar surface area (TPSA) is 145 Å². The van der Waals surface area contributed by atoms with E-state index < -0.39 is 56.0 Å². The van der Waals surface area contributed by atoms with E-state index in [1.54, 1.807) is 23.1 Å². The summed E-state index contributed by atoms with van der Waals surface area (Å²) >= 11 is 1.50. The number of ketones is 1. The average molecular weight is 867 g/mol. The lowest BCUT2D eigenvalue weighted by molar-refractivity contribution is -0.144. The Bertz CT molecular complexity index is 2620. The molecule has 5 aromatic rings. The summed E-state index contributed by atoms with van der Waals surface area (Å²) < 4.78 is 56.4. The predicted molar refractivity (Wildman–Crippen MR) is 234 cm³/mol. The summed E-state index contributed by atoms with van der Waals surface area (Å²) in [5.74, 6) is -1.28. The minimum atomic E-state index is -3.87. The molecule has 3 aromatic carbocycles. The molecule has 2 saturated carbocycles. The number of sulfonamides is 1. The van der Waals surface area contributed by atoms with Crippen LogP contribution in [0.5, 0.6) is 11.6 Å². The second-order valence-corrected chi connectivity index (χ2v) is 21.1. The van der Waals surface area contributed by atoms with Gasteiger partial charge in [-0.2, -0.15) is 4.98 Å². The van der Waals surface area contributed by atoms with Crippen molar-refractivity contribution in [2.24, 2.45) is 22.7 Å². The van der Waals surface area contributed by atoms with Gasteiger partial charge in [0.05, 0.1) is 34.9 Å². The van der Waals surface area contributed by atoms with Crippen molar-refractivity contribution in [3.63, 3.8) is 0 Å². The molecule has 2 amide bonds. The van der Waals surface area contributed by atoms with Crippen molar-refractivity contribution in [1.82, 2.24) is 19.6 Å². The summed E-state index contributed by atoms with van der Waals surface area (Å²) in [7, 11) is -3.87. The molecule has 3 fully saturated rings. The third-order valence-corrected chi connectivity index (χ3v) is 15.1. The molecule has 11 nitrogen and oxygen atoms in total. The maximum absolute atomic E-state index is 15.0. The standard InChI is InChI=1S/C47H51FN4O7S2/c1-7-30-24-47(30,45(55)51-61(56,57)34-20-21-34)25-38(53)37-23-33(26-52(37)44(54)36(46(4,5)6)22-28-12-16-31(48)17-13-28)59-43-41-40(35-10-8-9-11-39(35)60-41)49-42(50-43)29-14-18-32(19-15-29)58-27(2)3/h7-19,27,30,33-34,36-37H,1,20-26H2,2-6H3,(H,51,55)/t30-,33-,36-,37+,47-/m1/s1. The highest BCUT2D eigenvalue weighted by Gasteiger charge is 2.61. The Hall–Kier alpha value is -5.21. The molecule has 2 aromatic heterocycles. The number of ether oxygens (including phenoxy) is 2. The lowest BCUT2D eigenvalue weighted by Crippen LogP contribution is -2.48. The second-order valence-electron chi connectivity index (χ2n) is 18.1. The third-order valence-electron chi connectivity index (χ3n) is 12.1. The second kappa shape index (κ2) is 16.2. The quantitative estimate of drug-likeness (QED) is 0.103. The number of nitrogens with zero attached hydrogens (tertiary/aromatic N) is 3. The molecule has 5 atom stereocenters. The van der Waals surface area contributed by atoms with Crippen LogP contribution < -0.4 is 14.2 Å². The first kappa shape index (κ1) is 42.5. The molecule has 0 unspecified atom stereocenters. The Balaban J connectivity index is 1.14. The number of aromatic nitrogens is 2. The molecule has 61 heavy (non-hydrogen) atoms. The number of hydrogen-bond acceptors (Lipinski definition) is 10. The zero-order valence-corrected chi connectivity index (χ0v) is 36.7. The highest BCUT2D eigenvalue weighted by molar-refractivity contribution is 7.90. The zero-order valence-electron chi connectivity index (χ0n) is 35.0. The van der Waals surface area contributed by atoms with Crippen molar-refractivity contribution >= 4 is 59.3 Å². The van der Waals surface area contributed by atoms with Gasteiger partial charge in [-0.25, -0.2) is 17.8 Å². The number of Topliss-reactive ketones (excluding diaryl/α,β-unsaturated/α-hetero) is 1. The van der Waals surface area contributed by atoms with Gasteiger partial charge < -0.3 is 14.4 Å². The summed E-state index contributed by atoms with van der Waals surface area (Å²) in [4.78, 5) is 55.0. The van der Waals surface area contributed by atoms with Crippen LogP contribution in [-0.4, -0.2) is 70.9 Å². The number of benzene rings is 3. The fourth-order valence-electron chi connectivity index (χ4n) is 8.45. The van der Waals surface area contributed by atoms with Crippen LogP contribution in [0, 0.1) is 28.5 Å². The number of rotatable bonds is 15. The number of carbonyl (C=O) groups is 3. The van der Waals surface area contributed by atoms with E-state index in [0.717, 1.165) is 25.9 Å². The number of halogens is 1. The van der Waals surface area contributed by atoms with Gasteiger partial charge in [-0.3, -0.25) is 19.1 Å². The van der Waals surface area contributed by atoms with Crippen LogP contribution in [-0.2, 0) is 30.8 Å². The van der Waals surface area contributed by atoms with E-state index in [-0.39, 0.29) is 49.4 Å². The van der Waals surface area contributed by atoms with Gasteiger partial charge in [0, 0.05) is 34.4 Å². The molecular formula is C47H51FN4O7S2. The molecule has 1 N–H and O–H groups in total. The summed E-state index contributed by atoms with van der Waals surface area (Å²) in [6.07, 6.45) is 2.28. The van der Waals surface area contributed by atoms with Crippen LogP contribution in [0.1, 0.15) is 72.3 Å². The van der Waals surface area contributed by atoms with Gasteiger partial charge >= 0.3 is 0 Å². The first-order chi connectivity index (χ1) is 29.0. The number of hydrogen-bond donors (Lipinski definition) is 1. The van der Waals surface area contributed by atoms with Gasteiger partial charge in [0.2, 0.25) is 27.7 Å². The molecule has 0 bridgehead atoms.